The smallest absolute Gasteiger partial charge is 0.325 e. The molecule has 3 rings (SSSR count). The molecule has 0 unspecified atom stereocenters. The number of carbonyl (C=O) groups excluding carboxylic acids is 2. The van der Waals surface area contributed by atoms with Crippen LogP contribution >= 0.6 is 0 Å². The van der Waals surface area contributed by atoms with E-state index < -0.39 is 17.2 Å². The predicted octanol–water partition coefficient (Wildman–Crippen LogP) is 2.73. The van der Waals surface area contributed by atoms with Gasteiger partial charge in [0.2, 0.25) is 5.91 Å². The highest BCUT2D eigenvalue weighted by Crippen LogP contribution is 2.35. The minimum absolute atomic E-state index is 0.151. The highest BCUT2D eigenvalue weighted by Gasteiger charge is 2.42. The standard InChI is InChI=1S/C21H22FNO4/c22-18-8-4-7-17(13-18)21(9-11-26-12-10-21)20(25)23-14-19(24)27-15-16-5-2-1-3-6-16/h1-8,13H,9-12,14-15H2,(H,23,25). The quantitative estimate of drug-likeness (QED) is 0.793. The summed E-state index contributed by atoms with van der Waals surface area (Å²) in [4.78, 5) is 24.9. The molecule has 0 radical (unpaired) electrons. The number of benzene rings is 2. The summed E-state index contributed by atoms with van der Waals surface area (Å²) >= 11 is 0. The van der Waals surface area contributed by atoms with E-state index in [9.17, 15) is 14.0 Å². The van der Waals surface area contributed by atoms with Gasteiger partial charge in [0.15, 0.2) is 0 Å². The van der Waals surface area contributed by atoms with Crippen molar-refractivity contribution in [1.29, 1.82) is 0 Å². The van der Waals surface area contributed by atoms with Crippen LogP contribution in [-0.4, -0.2) is 31.6 Å². The van der Waals surface area contributed by atoms with Gasteiger partial charge in [-0.05, 0) is 36.1 Å². The molecule has 0 aromatic heterocycles. The van der Waals surface area contributed by atoms with Crippen LogP contribution in [0.5, 0.6) is 0 Å². The molecule has 1 aliphatic heterocycles. The monoisotopic (exact) mass is 371 g/mol. The van der Waals surface area contributed by atoms with Crippen molar-refractivity contribution >= 4 is 11.9 Å². The molecule has 0 bridgehead atoms. The molecular formula is C21H22FNO4. The fraction of sp³-hybridized carbons (Fsp3) is 0.333. The number of esters is 1. The summed E-state index contributed by atoms with van der Waals surface area (Å²) < 4.78 is 24.3. The van der Waals surface area contributed by atoms with Crippen LogP contribution in [0.15, 0.2) is 54.6 Å². The first-order chi connectivity index (χ1) is 13.1. The average Bonchev–Trinajstić information content (AvgIpc) is 2.71. The van der Waals surface area contributed by atoms with E-state index in [1.165, 1.54) is 12.1 Å². The summed E-state index contributed by atoms with van der Waals surface area (Å²) in [6.45, 7) is 0.729. The van der Waals surface area contributed by atoms with Crippen LogP contribution in [-0.2, 0) is 31.1 Å². The van der Waals surface area contributed by atoms with Crippen molar-refractivity contribution in [2.24, 2.45) is 0 Å². The molecule has 1 N–H and O–H groups in total. The van der Waals surface area contributed by atoms with Crippen molar-refractivity contribution in [2.45, 2.75) is 24.9 Å². The average molecular weight is 371 g/mol. The van der Waals surface area contributed by atoms with Crippen LogP contribution in [0.3, 0.4) is 0 Å². The number of carbonyl (C=O) groups is 2. The maximum atomic E-state index is 13.7. The predicted molar refractivity (Wildman–Crippen MR) is 97.4 cm³/mol. The van der Waals surface area contributed by atoms with Gasteiger partial charge >= 0.3 is 5.97 Å². The SMILES string of the molecule is O=C(CNC(=O)C1(c2cccc(F)c2)CCOCC1)OCc1ccccc1. The first kappa shape index (κ1) is 19.0. The third-order valence-electron chi connectivity index (χ3n) is 4.79. The Morgan fingerprint density at radius 3 is 2.52 bits per heavy atom. The Labute approximate surface area is 157 Å². The second-order valence-corrected chi connectivity index (χ2v) is 6.53. The van der Waals surface area contributed by atoms with Gasteiger partial charge in [-0.3, -0.25) is 9.59 Å². The van der Waals surface area contributed by atoms with Crippen molar-refractivity contribution in [3.05, 3.63) is 71.5 Å². The molecule has 1 fully saturated rings. The van der Waals surface area contributed by atoms with E-state index >= 15 is 0 Å². The summed E-state index contributed by atoms with van der Waals surface area (Å²) in [5.41, 5.74) is 0.568. The van der Waals surface area contributed by atoms with Gasteiger partial charge in [-0.2, -0.15) is 0 Å². The van der Waals surface area contributed by atoms with Crippen LogP contribution in [0.1, 0.15) is 24.0 Å². The van der Waals surface area contributed by atoms with Gasteiger partial charge in [0.25, 0.3) is 0 Å². The lowest BCUT2D eigenvalue weighted by Gasteiger charge is -2.36. The number of amides is 1. The van der Waals surface area contributed by atoms with Gasteiger partial charge in [-0.25, -0.2) is 4.39 Å². The maximum Gasteiger partial charge on any atom is 0.325 e. The number of hydrogen-bond donors (Lipinski definition) is 1. The third-order valence-corrected chi connectivity index (χ3v) is 4.79. The number of hydrogen-bond acceptors (Lipinski definition) is 4. The molecule has 1 aliphatic rings. The minimum Gasteiger partial charge on any atom is -0.460 e. The van der Waals surface area contributed by atoms with E-state index in [1.54, 1.807) is 12.1 Å². The van der Waals surface area contributed by atoms with Crippen LogP contribution in [0.4, 0.5) is 4.39 Å². The number of rotatable bonds is 6. The van der Waals surface area contributed by atoms with E-state index in [2.05, 4.69) is 5.32 Å². The number of halogens is 1. The summed E-state index contributed by atoms with van der Waals surface area (Å²) in [6, 6.07) is 15.3. The lowest BCUT2D eigenvalue weighted by atomic mass is 9.73. The third kappa shape index (κ3) is 4.71. The maximum absolute atomic E-state index is 13.7. The van der Waals surface area contributed by atoms with E-state index in [4.69, 9.17) is 9.47 Å². The molecule has 27 heavy (non-hydrogen) atoms. The van der Waals surface area contributed by atoms with Crippen molar-refractivity contribution in [3.8, 4) is 0 Å². The molecule has 142 valence electrons. The molecule has 1 amide bonds. The normalized spacial score (nSPS) is 15.7. The highest BCUT2D eigenvalue weighted by molar-refractivity contribution is 5.90. The molecule has 0 atom stereocenters. The van der Waals surface area contributed by atoms with Crippen molar-refractivity contribution < 1.29 is 23.5 Å². The molecule has 0 spiro atoms. The Hall–Kier alpha value is -2.73. The number of nitrogens with one attached hydrogen (secondary N) is 1. The molecule has 6 heteroatoms. The van der Waals surface area contributed by atoms with Crippen LogP contribution in [0.2, 0.25) is 0 Å². The fourth-order valence-corrected chi connectivity index (χ4v) is 3.26. The lowest BCUT2D eigenvalue weighted by Crippen LogP contribution is -2.49. The molecule has 0 aliphatic carbocycles. The first-order valence-corrected chi connectivity index (χ1v) is 8.92. The summed E-state index contributed by atoms with van der Waals surface area (Å²) in [7, 11) is 0. The van der Waals surface area contributed by atoms with Crippen molar-refractivity contribution in [2.75, 3.05) is 19.8 Å². The molecule has 2 aromatic rings. The zero-order valence-corrected chi connectivity index (χ0v) is 14.9. The van der Waals surface area contributed by atoms with Gasteiger partial charge in [0, 0.05) is 13.2 Å². The first-order valence-electron chi connectivity index (χ1n) is 8.92. The van der Waals surface area contributed by atoms with E-state index in [-0.39, 0.29) is 19.1 Å². The molecule has 1 saturated heterocycles. The van der Waals surface area contributed by atoms with Crippen molar-refractivity contribution in [3.63, 3.8) is 0 Å². The van der Waals surface area contributed by atoms with Crippen molar-refractivity contribution in [1.82, 2.24) is 5.32 Å². The topological polar surface area (TPSA) is 64.6 Å². The Bertz CT molecular complexity index is 788. The van der Waals surface area contributed by atoms with Gasteiger partial charge in [-0.15, -0.1) is 0 Å². The minimum atomic E-state index is -0.903. The molecule has 2 aromatic carbocycles. The number of ether oxygens (including phenoxy) is 2. The van der Waals surface area contributed by atoms with Crippen LogP contribution < -0.4 is 5.32 Å². The second-order valence-electron chi connectivity index (χ2n) is 6.53. The largest absolute Gasteiger partial charge is 0.460 e. The Morgan fingerprint density at radius 1 is 1.07 bits per heavy atom. The zero-order valence-electron chi connectivity index (χ0n) is 14.9. The van der Waals surface area contributed by atoms with Gasteiger partial charge in [0.05, 0.1) is 5.41 Å². The second kappa shape index (κ2) is 8.77. The van der Waals surface area contributed by atoms with E-state index in [0.29, 0.717) is 31.6 Å². The molecule has 1 heterocycles. The van der Waals surface area contributed by atoms with Gasteiger partial charge < -0.3 is 14.8 Å². The molecule has 5 nitrogen and oxygen atoms in total. The Balaban J connectivity index is 1.62. The lowest BCUT2D eigenvalue weighted by molar-refractivity contribution is -0.146. The summed E-state index contributed by atoms with van der Waals surface area (Å²) in [5.74, 6) is -1.23. The van der Waals surface area contributed by atoms with Crippen LogP contribution in [0, 0.1) is 5.82 Å². The Morgan fingerprint density at radius 2 is 1.81 bits per heavy atom. The van der Waals surface area contributed by atoms with E-state index in [0.717, 1.165) is 5.56 Å². The molecular weight excluding hydrogens is 349 g/mol. The van der Waals surface area contributed by atoms with Gasteiger partial charge in [0.1, 0.15) is 19.0 Å². The summed E-state index contributed by atoms with van der Waals surface area (Å²) in [5, 5.41) is 2.66. The fourth-order valence-electron chi connectivity index (χ4n) is 3.26. The Kier molecular flexibility index (Phi) is 6.19. The summed E-state index contributed by atoms with van der Waals surface area (Å²) in [6.07, 6.45) is 0.864. The van der Waals surface area contributed by atoms with Crippen LogP contribution in [0.25, 0.3) is 0 Å². The highest BCUT2D eigenvalue weighted by atomic mass is 19.1. The van der Waals surface area contributed by atoms with Gasteiger partial charge in [-0.1, -0.05) is 42.5 Å². The zero-order chi connectivity index (χ0) is 19.1. The van der Waals surface area contributed by atoms with E-state index in [1.807, 2.05) is 30.3 Å². The molecule has 0 saturated carbocycles.